The predicted molar refractivity (Wildman–Crippen MR) is 267 cm³/mol. The van der Waals surface area contributed by atoms with Crippen LogP contribution in [0.4, 0.5) is 0 Å². The van der Waals surface area contributed by atoms with Gasteiger partial charge < -0.3 is 59.8 Å². The van der Waals surface area contributed by atoms with Crippen LogP contribution in [-0.4, -0.2) is 133 Å². The number of rotatable bonds is 11. The first kappa shape index (κ1) is 54.6. The van der Waals surface area contributed by atoms with Crippen LogP contribution in [0.15, 0.2) is 12.1 Å². The van der Waals surface area contributed by atoms with Gasteiger partial charge in [-0.05, 0) is 178 Å². The molecular weight excluding hydrogens is 969 g/mol. The van der Waals surface area contributed by atoms with Gasteiger partial charge in [-0.2, -0.15) is 0 Å². The van der Waals surface area contributed by atoms with Crippen LogP contribution < -0.4 is 4.74 Å². The highest BCUT2D eigenvalue weighted by molar-refractivity contribution is 6.07. The van der Waals surface area contributed by atoms with Crippen LogP contribution in [-0.2, 0) is 35.0 Å². The van der Waals surface area contributed by atoms with Crippen LogP contribution >= 0.6 is 0 Å². The first-order valence-corrected chi connectivity index (χ1v) is 27.9. The summed E-state index contributed by atoms with van der Waals surface area (Å²) in [7, 11) is 1.24. The lowest BCUT2D eigenvalue weighted by Crippen LogP contribution is -2.71. The number of ketones is 1. The summed E-state index contributed by atoms with van der Waals surface area (Å²) in [6.07, 6.45) is 0.913. The molecule has 0 radical (unpaired) electrons. The van der Waals surface area contributed by atoms with Crippen LogP contribution in [0.25, 0.3) is 0 Å². The van der Waals surface area contributed by atoms with E-state index in [1.807, 2.05) is 0 Å². The van der Waals surface area contributed by atoms with E-state index in [-0.39, 0.29) is 94.9 Å². The summed E-state index contributed by atoms with van der Waals surface area (Å²) in [5.41, 5.74) is -3.59. The molecular formula is C58H82O17. The first-order valence-electron chi connectivity index (χ1n) is 27.9. The Labute approximate surface area is 439 Å². The Morgan fingerprint density at radius 1 is 0.613 bits per heavy atom. The molecule has 1 aromatic rings. The molecule has 75 heavy (non-hydrogen) atoms. The van der Waals surface area contributed by atoms with Crippen molar-refractivity contribution < 1.29 is 83.8 Å². The van der Waals surface area contributed by atoms with E-state index in [0.717, 1.165) is 64.2 Å². The van der Waals surface area contributed by atoms with Crippen molar-refractivity contribution in [1.29, 1.82) is 0 Å². The first-order chi connectivity index (χ1) is 35.2. The lowest BCUT2D eigenvalue weighted by atomic mass is 9.29. The highest BCUT2D eigenvalue weighted by Crippen LogP contribution is 2.80. The van der Waals surface area contributed by atoms with E-state index in [4.69, 9.17) is 18.9 Å². The molecule has 8 N–H and O–H groups in total. The van der Waals surface area contributed by atoms with Gasteiger partial charge in [0, 0.05) is 35.5 Å². The van der Waals surface area contributed by atoms with Crippen LogP contribution in [0.1, 0.15) is 171 Å². The average Bonchev–Trinajstić information content (AvgIpc) is 3.39. The topological polar surface area (TPSA) is 284 Å². The van der Waals surface area contributed by atoms with Gasteiger partial charge in [-0.15, -0.1) is 0 Å². The van der Waals surface area contributed by atoms with Gasteiger partial charge in [0.2, 0.25) is 0 Å². The zero-order valence-electron chi connectivity index (χ0n) is 44.8. The average molecular weight is 1050 g/mol. The molecule has 8 fully saturated rings. The monoisotopic (exact) mass is 1050 g/mol. The Hall–Kier alpha value is -3.71. The number of Topliss-reactive ketones (excluding diaryl/α,β-unsaturated/α-hetero) is 1. The fourth-order valence-corrected chi connectivity index (χ4v) is 21.2. The van der Waals surface area contributed by atoms with Crippen molar-refractivity contribution in [2.45, 2.75) is 193 Å². The maximum Gasteiger partial charge on any atom is 0.336 e. The van der Waals surface area contributed by atoms with Crippen molar-refractivity contribution in [1.82, 2.24) is 0 Å². The Morgan fingerprint density at radius 3 is 1.68 bits per heavy atom. The number of aliphatic hydroxyl groups excluding tert-OH is 5. The molecule has 0 spiro atoms. The maximum atomic E-state index is 13.7. The minimum absolute atomic E-state index is 0.0185. The Balaban J connectivity index is 0.911. The van der Waals surface area contributed by atoms with Crippen molar-refractivity contribution in [2.75, 3.05) is 20.3 Å². The smallest absolute Gasteiger partial charge is 0.336 e. The number of fused-ring (bicyclic) bond motifs is 14. The highest BCUT2D eigenvalue weighted by atomic mass is 16.7. The molecule has 17 heteroatoms. The largest absolute Gasteiger partial charge is 0.484 e. The lowest BCUT2D eigenvalue weighted by Gasteiger charge is -2.76. The predicted octanol–water partition coefficient (Wildman–Crippen LogP) is 6.44. The minimum atomic E-state index is -1.90. The van der Waals surface area contributed by atoms with E-state index in [2.05, 4.69) is 34.6 Å². The fourth-order valence-electron chi connectivity index (χ4n) is 21.2. The molecule has 2 heterocycles. The number of carboxylic acid groups (broad SMARTS) is 3. The number of hydrogen-bond donors (Lipinski definition) is 8. The number of aliphatic carboxylic acids is 2. The van der Waals surface area contributed by atoms with E-state index in [1.165, 1.54) is 13.2 Å². The Bertz CT molecular complexity index is 2500. The number of methoxy groups -OCH3 is 1. The van der Waals surface area contributed by atoms with Crippen LogP contribution in [0.3, 0.4) is 0 Å². The molecule has 7 saturated carbocycles. The maximum absolute atomic E-state index is 13.7. The number of carbonyl (C=O) groups excluding carboxylic acids is 2. The van der Waals surface area contributed by atoms with Gasteiger partial charge in [0.05, 0.1) is 37.2 Å². The van der Waals surface area contributed by atoms with Crippen LogP contribution in [0, 0.1) is 79.3 Å². The van der Waals surface area contributed by atoms with Gasteiger partial charge in [-0.1, -0.05) is 34.6 Å². The molecule has 0 amide bonds. The quantitative estimate of drug-likeness (QED) is 0.0673. The van der Waals surface area contributed by atoms with Gasteiger partial charge in [-0.3, -0.25) is 14.4 Å². The minimum Gasteiger partial charge on any atom is -0.484 e. The Kier molecular flexibility index (Phi) is 13.4. The third-order valence-corrected chi connectivity index (χ3v) is 24.4. The van der Waals surface area contributed by atoms with Crippen LogP contribution in [0.2, 0.25) is 0 Å². The second kappa shape index (κ2) is 18.4. The summed E-state index contributed by atoms with van der Waals surface area (Å²) in [6, 6.07) is 3.09. The van der Waals surface area contributed by atoms with Crippen LogP contribution in [0.5, 0.6) is 5.75 Å². The van der Waals surface area contributed by atoms with Crippen molar-refractivity contribution in [3.8, 4) is 5.75 Å². The van der Waals surface area contributed by atoms with Crippen molar-refractivity contribution in [3.63, 3.8) is 0 Å². The molecule has 10 rings (SSSR count). The molecule has 7 aliphatic carbocycles. The summed E-state index contributed by atoms with van der Waals surface area (Å²) in [5.74, 6) is -3.94. The number of ether oxygens (including phenoxy) is 4. The number of aliphatic hydroxyl groups is 5. The highest BCUT2D eigenvalue weighted by Gasteiger charge is 2.75. The van der Waals surface area contributed by atoms with Crippen molar-refractivity contribution >= 4 is 29.7 Å². The molecule has 2 aliphatic heterocycles. The third kappa shape index (κ3) is 7.48. The van der Waals surface area contributed by atoms with Gasteiger partial charge in [0.15, 0.2) is 18.2 Å². The van der Waals surface area contributed by atoms with Gasteiger partial charge >= 0.3 is 23.9 Å². The molecule has 7 unspecified atom stereocenters. The van der Waals surface area contributed by atoms with E-state index in [0.29, 0.717) is 48.8 Å². The molecule has 17 nitrogen and oxygen atoms in total. The van der Waals surface area contributed by atoms with Gasteiger partial charge in [-0.25, -0.2) is 9.59 Å². The number of aromatic carboxylic acids is 1. The SMILES string of the molecule is COC(=O)CCC(=O)c1ccc2c(c1C(=O)O)CC1[C@](CO)(CCC3[C@@]1(C)CCC1[C@]4(C)CCC5[C@](C)(CCC6[C@@]5(C)CCC5[C@]6(C)CC[C@H](O[C@@H]6O[C@H](C(=O)O)[C@@H](O)[C@H](O)[C@H]6O)[C@]5(C)C(=O)O)C4CC[C@]31CO)O2. The zero-order valence-corrected chi connectivity index (χ0v) is 44.8. The molecule has 0 bridgehead atoms. The summed E-state index contributed by atoms with van der Waals surface area (Å²) >= 11 is 0. The molecule has 1 saturated heterocycles. The third-order valence-electron chi connectivity index (χ3n) is 24.4. The van der Waals surface area contributed by atoms with Gasteiger partial charge in [0.25, 0.3) is 0 Å². The molecule has 1 aromatic carbocycles. The lowest BCUT2D eigenvalue weighted by molar-refractivity contribution is -0.326. The number of hydrogen-bond acceptors (Lipinski definition) is 14. The van der Waals surface area contributed by atoms with E-state index in [1.54, 1.807) is 13.0 Å². The van der Waals surface area contributed by atoms with Gasteiger partial charge in [0.1, 0.15) is 29.7 Å². The zero-order chi connectivity index (χ0) is 54.4. The summed E-state index contributed by atoms with van der Waals surface area (Å²) in [4.78, 5) is 64.3. The second-order valence-corrected chi connectivity index (χ2v) is 26.8. The van der Waals surface area contributed by atoms with E-state index >= 15 is 0 Å². The fraction of sp³-hybridized carbons (Fsp3) is 0.810. The standard InChI is InChI=1S/C58H82O17/c1-51-19-12-34-52(2,21-14-36-53(34,3)23-18-40(56(36,6)50(70)71)73-49-45(65)43(63)44(64)46(74-49)48(68)69)33(51)13-20-54(4)35(51)16-24-57(27-59)37(54)15-22-55(5)38(57)17-25-58(28-60)39(55)26-30-32(75-58)10-8-29(42(30)47(66)67)31(61)9-11-41(62)72-7/h8,10,33-40,43-46,49,59-60,63-65H,9,11-28H2,1-7H3,(H,66,67)(H,68,69)(H,70,71)/t33?,34?,35?,36?,37?,38?,39?,40-,43-,44-,45+,46-,49+,51-,52-,53+,54+,55+,56+,57+,58+/m0/s1. The summed E-state index contributed by atoms with van der Waals surface area (Å²) in [6.45, 7) is 13.5. The Morgan fingerprint density at radius 2 is 1.13 bits per heavy atom. The molecule has 21 atom stereocenters. The number of carbonyl (C=O) groups is 5. The molecule has 0 aromatic heterocycles. The van der Waals surface area contributed by atoms with E-state index < -0.39 is 88.3 Å². The van der Waals surface area contributed by atoms with E-state index in [9.17, 15) is 64.8 Å². The number of esters is 1. The second-order valence-electron chi connectivity index (χ2n) is 26.8. The summed E-state index contributed by atoms with van der Waals surface area (Å²) in [5, 5.41) is 86.9. The molecule has 9 aliphatic rings. The summed E-state index contributed by atoms with van der Waals surface area (Å²) < 4.78 is 23.4. The number of carboxylic acids is 3. The molecule has 416 valence electrons. The van der Waals surface area contributed by atoms with Crippen molar-refractivity contribution in [3.05, 3.63) is 28.8 Å². The number of benzene rings is 1. The normalized spacial score (nSPS) is 48.5. The van der Waals surface area contributed by atoms with Crippen molar-refractivity contribution in [2.24, 2.45) is 79.3 Å².